The van der Waals surface area contributed by atoms with Crippen LogP contribution in [0.15, 0.2) is 82.8 Å². The van der Waals surface area contributed by atoms with Crippen molar-refractivity contribution in [1.29, 1.82) is 5.26 Å². The maximum Gasteiger partial charge on any atom is 0.261 e. The van der Waals surface area contributed by atoms with Crippen LogP contribution < -0.4 is 10.1 Å². The first-order valence-electron chi connectivity index (χ1n) is 10.2. The zero-order chi connectivity index (χ0) is 22.8. The Morgan fingerprint density at radius 3 is 2.56 bits per heavy atom. The van der Waals surface area contributed by atoms with E-state index in [0.29, 0.717) is 22.3 Å². The number of nitrogens with one attached hydrogen (secondary N) is 1. The van der Waals surface area contributed by atoms with Gasteiger partial charge in [0.2, 0.25) is 0 Å². The van der Waals surface area contributed by atoms with Gasteiger partial charge in [-0.1, -0.05) is 48.5 Å². The predicted molar refractivity (Wildman–Crippen MR) is 126 cm³/mol. The van der Waals surface area contributed by atoms with Crippen molar-refractivity contribution in [3.63, 3.8) is 0 Å². The Morgan fingerprint density at radius 2 is 1.84 bits per heavy atom. The zero-order valence-corrected chi connectivity index (χ0v) is 18.9. The minimum absolute atomic E-state index is 0.0324. The average Bonchev–Trinajstić information content (AvgIpc) is 2.80. The normalized spacial score (nSPS) is 11.0. The minimum Gasteiger partial charge on any atom is -0.488 e. The first-order chi connectivity index (χ1) is 15.5. The van der Waals surface area contributed by atoms with E-state index >= 15 is 0 Å². The van der Waals surface area contributed by atoms with Gasteiger partial charge in [-0.25, -0.2) is 4.39 Å². The third-order valence-electron chi connectivity index (χ3n) is 4.69. The van der Waals surface area contributed by atoms with Gasteiger partial charge in [0.25, 0.3) is 5.91 Å². The van der Waals surface area contributed by atoms with Gasteiger partial charge in [-0.15, -0.1) is 0 Å². The number of ether oxygens (including phenoxy) is 1. The van der Waals surface area contributed by atoms with Crippen LogP contribution in [0.4, 0.5) is 4.39 Å². The third-order valence-corrected chi connectivity index (χ3v) is 5.31. The van der Waals surface area contributed by atoms with Gasteiger partial charge in [-0.2, -0.15) is 5.26 Å². The van der Waals surface area contributed by atoms with Crippen molar-refractivity contribution in [2.75, 3.05) is 6.54 Å². The second-order valence-corrected chi connectivity index (χ2v) is 7.98. The molecular weight excluding hydrogens is 471 g/mol. The van der Waals surface area contributed by atoms with Crippen molar-refractivity contribution < 1.29 is 13.9 Å². The molecule has 1 amide bonds. The zero-order valence-electron chi connectivity index (χ0n) is 17.4. The molecule has 0 bridgehead atoms. The van der Waals surface area contributed by atoms with E-state index in [4.69, 9.17) is 4.74 Å². The Labute approximate surface area is 195 Å². The number of halogens is 2. The van der Waals surface area contributed by atoms with Gasteiger partial charge in [0.1, 0.15) is 29.8 Å². The lowest BCUT2D eigenvalue weighted by Gasteiger charge is -2.09. The molecule has 3 aromatic rings. The summed E-state index contributed by atoms with van der Waals surface area (Å²) in [5.74, 6) is -0.133. The Morgan fingerprint density at radius 1 is 1.06 bits per heavy atom. The Kier molecular flexibility index (Phi) is 8.59. The van der Waals surface area contributed by atoms with Crippen molar-refractivity contribution in [3.8, 4) is 11.8 Å². The fourth-order valence-corrected chi connectivity index (χ4v) is 3.57. The third kappa shape index (κ3) is 7.07. The van der Waals surface area contributed by atoms with Gasteiger partial charge in [0.15, 0.2) is 0 Å². The molecule has 0 unspecified atom stereocenters. The van der Waals surface area contributed by atoms with Gasteiger partial charge in [0, 0.05) is 6.54 Å². The van der Waals surface area contributed by atoms with E-state index in [9.17, 15) is 14.4 Å². The quantitative estimate of drug-likeness (QED) is 0.232. The van der Waals surface area contributed by atoms with Crippen LogP contribution in [-0.4, -0.2) is 12.5 Å². The molecule has 0 aromatic heterocycles. The molecule has 0 radical (unpaired) electrons. The summed E-state index contributed by atoms with van der Waals surface area (Å²) < 4.78 is 19.7. The Hall–Kier alpha value is -3.43. The predicted octanol–water partition coefficient (Wildman–Crippen LogP) is 5.82. The van der Waals surface area contributed by atoms with Crippen molar-refractivity contribution in [1.82, 2.24) is 5.32 Å². The standard InChI is InChI=1S/C26H22BrFN2O2/c27-24-16-20(11-12-25(24)32-18-21-8-4-10-23(28)15-21)14-22(17-29)26(31)30-13-5-9-19-6-2-1-3-7-19/h1-4,6-8,10-12,14-16H,5,9,13,18H2,(H,30,31)/b22-14-. The maximum absolute atomic E-state index is 13.3. The number of nitriles is 1. The van der Waals surface area contributed by atoms with Crippen LogP contribution in [0.3, 0.4) is 0 Å². The maximum atomic E-state index is 13.3. The fraction of sp³-hybridized carbons (Fsp3) is 0.154. The van der Waals surface area contributed by atoms with Crippen molar-refractivity contribution >= 4 is 27.9 Å². The Balaban J connectivity index is 1.55. The molecule has 3 rings (SSSR count). The van der Waals surface area contributed by atoms with E-state index < -0.39 is 5.91 Å². The highest BCUT2D eigenvalue weighted by molar-refractivity contribution is 9.10. The van der Waals surface area contributed by atoms with Gasteiger partial charge < -0.3 is 10.1 Å². The van der Waals surface area contributed by atoms with Crippen LogP contribution in [0.5, 0.6) is 5.75 Å². The van der Waals surface area contributed by atoms with Gasteiger partial charge in [0.05, 0.1) is 4.47 Å². The van der Waals surface area contributed by atoms with E-state index in [1.54, 1.807) is 30.3 Å². The number of benzene rings is 3. The largest absolute Gasteiger partial charge is 0.488 e. The molecule has 0 heterocycles. The summed E-state index contributed by atoms with van der Waals surface area (Å²) in [6.45, 7) is 0.712. The van der Waals surface area contributed by atoms with E-state index in [0.717, 1.165) is 18.4 Å². The first kappa shape index (κ1) is 23.2. The van der Waals surface area contributed by atoms with E-state index in [-0.39, 0.29) is 18.0 Å². The highest BCUT2D eigenvalue weighted by atomic mass is 79.9. The summed E-state index contributed by atoms with van der Waals surface area (Å²) in [4.78, 5) is 12.4. The molecule has 0 aliphatic carbocycles. The molecule has 1 N–H and O–H groups in total. The summed E-state index contributed by atoms with van der Waals surface area (Å²) in [7, 11) is 0. The lowest BCUT2D eigenvalue weighted by atomic mass is 10.1. The van der Waals surface area contributed by atoms with Crippen molar-refractivity contribution in [2.24, 2.45) is 0 Å². The molecule has 6 heteroatoms. The van der Waals surface area contributed by atoms with Crippen LogP contribution in [0, 0.1) is 17.1 Å². The van der Waals surface area contributed by atoms with Gasteiger partial charge in [-0.3, -0.25) is 4.79 Å². The summed E-state index contributed by atoms with van der Waals surface area (Å²) >= 11 is 3.45. The molecular formula is C26H22BrFN2O2. The second kappa shape index (κ2) is 11.8. The number of carbonyl (C=O) groups is 1. The molecule has 0 atom stereocenters. The first-order valence-corrected chi connectivity index (χ1v) is 10.9. The van der Waals surface area contributed by atoms with E-state index in [1.165, 1.54) is 23.8 Å². The molecule has 0 aliphatic heterocycles. The number of hydrogen-bond donors (Lipinski definition) is 1. The molecule has 4 nitrogen and oxygen atoms in total. The molecule has 0 saturated heterocycles. The van der Waals surface area contributed by atoms with E-state index in [2.05, 4.69) is 21.2 Å². The van der Waals surface area contributed by atoms with E-state index in [1.807, 2.05) is 36.4 Å². The summed E-state index contributed by atoms with van der Waals surface area (Å²) in [5.41, 5.74) is 2.65. The second-order valence-electron chi connectivity index (χ2n) is 7.12. The summed E-state index contributed by atoms with van der Waals surface area (Å²) in [6.07, 6.45) is 3.18. The summed E-state index contributed by atoms with van der Waals surface area (Å²) in [5, 5.41) is 12.2. The molecule has 32 heavy (non-hydrogen) atoms. The van der Waals surface area contributed by atoms with Crippen LogP contribution >= 0.6 is 15.9 Å². The van der Waals surface area contributed by atoms with Crippen LogP contribution in [0.25, 0.3) is 6.08 Å². The average molecular weight is 493 g/mol. The Bertz CT molecular complexity index is 1140. The highest BCUT2D eigenvalue weighted by Crippen LogP contribution is 2.28. The number of hydrogen-bond acceptors (Lipinski definition) is 3. The van der Waals surface area contributed by atoms with Crippen LogP contribution in [0.1, 0.15) is 23.1 Å². The molecule has 162 valence electrons. The topological polar surface area (TPSA) is 62.1 Å². The van der Waals surface area contributed by atoms with Crippen LogP contribution in [0.2, 0.25) is 0 Å². The lowest BCUT2D eigenvalue weighted by molar-refractivity contribution is -0.117. The number of nitrogens with zero attached hydrogens (tertiary/aromatic N) is 1. The number of aryl methyl sites for hydroxylation is 1. The lowest BCUT2D eigenvalue weighted by Crippen LogP contribution is -2.25. The molecule has 0 aliphatic rings. The number of amides is 1. The number of rotatable bonds is 9. The SMILES string of the molecule is N#C/C(=C/c1ccc(OCc2cccc(F)c2)c(Br)c1)C(=O)NCCCc1ccccc1. The molecule has 0 spiro atoms. The smallest absolute Gasteiger partial charge is 0.261 e. The summed E-state index contributed by atoms with van der Waals surface area (Å²) in [6, 6.07) is 23.5. The van der Waals surface area contributed by atoms with Crippen LogP contribution in [-0.2, 0) is 17.8 Å². The molecule has 0 fully saturated rings. The van der Waals surface area contributed by atoms with Gasteiger partial charge >= 0.3 is 0 Å². The molecule has 0 saturated carbocycles. The molecule has 3 aromatic carbocycles. The highest BCUT2D eigenvalue weighted by Gasteiger charge is 2.10. The van der Waals surface area contributed by atoms with Crippen molar-refractivity contribution in [3.05, 3.63) is 105 Å². The van der Waals surface area contributed by atoms with Crippen molar-refractivity contribution in [2.45, 2.75) is 19.4 Å². The number of carbonyl (C=O) groups excluding carboxylic acids is 1. The minimum atomic E-state index is -0.400. The monoisotopic (exact) mass is 492 g/mol. The van der Waals surface area contributed by atoms with Gasteiger partial charge in [-0.05, 0) is 75.8 Å². The fourth-order valence-electron chi connectivity index (χ4n) is 3.06.